The van der Waals surface area contributed by atoms with Crippen molar-refractivity contribution in [1.29, 1.82) is 0 Å². The highest BCUT2D eigenvalue weighted by molar-refractivity contribution is 5.82. The second kappa shape index (κ2) is 3.95. The summed E-state index contributed by atoms with van der Waals surface area (Å²) in [6, 6.07) is 5.47. The predicted octanol–water partition coefficient (Wildman–Crippen LogP) is 1.30. The van der Waals surface area contributed by atoms with Gasteiger partial charge in [0.05, 0.1) is 6.61 Å². The number of aromatic nitrogens is 3. The van der Waals surface area contributed by atoms with E-state index in [1.807, 2.05) is 12.1 Å². The molecule has 78 valence electrons. The van der Waals surface area contributed by atoms with Gasteiger partial charge in [-0.15, -0.1) is 10.2 Å². The van der Waals surface area contributed by atoms with Crippen LogP contribution in [0.5, 0.6) is 0 Å². The number of carbonyl (C=O) groups excluding carboxylic acids is 1. The lowest BCUT2D eigenvalue weighted by Gasteiger charge is -2.02. The zero-order valence-corrected chi connectivity index (χ0v) is 8.17. The summed E-state index contributed by atoms with van der Waals surface area (Å²) in [7, 11) is 0. The summed E-state index contributed by atoms with van der Waals surface area (Å²) in [4.78, 5) is 11.1. The van der Waals surface area contributed by atoms with Crippen molar-refractivity contribution >= 4 is 17.7 Å². The Labute approximate surface area is 85.9 Å². The van der Waals surface area contributed by atoms with Crippen LogP contribution in [0.4, 0.5) is 10.7 Å². The molecule has 0 spiro atoms. The summed E-state index contributed by atoms with van der Waals surface area (Å²) >= 11 is 0. The summed E-state index contributed by atoms with van der Waals surface area (Å²) in [5, 5.41) is 10.2. The van der Waals surface area contributed by atoms with Gasteiger partial charge in [0.15, 0.2) is 5.65 Å². The number of pyridine rings is 1. The standard InChI is InChI=1S/C9H10N4O2/c1-2-15-9(14)10-8-12-11-7-5-3-4-6-13(7)8/h3-6H,2H2,1H3,(H,10,12,14). The number of rotatable bonds is 2. The molecule has 0 aliphatic rings. The van der Waals surface area contributed by atoms with Crippen molar-refractivity contribution in [2.24, 2.45) is 0 Å². The van der Waals surface area contributed by atoms with Crippen LogP contribution in [0.15, 0.2) is 24.4 Å². The molecule has 0 fully saturated rings. The molecule has 0 saturated carbocycles. The average Bonchev–Trinajstić information content (AvgIpc) is 2.62. The van der Waals surface area contributed by atoms with Crippen molar-refractivity contribution in [3.63, 3.8) is 0 Å². The Morgan fingerprint density at radius 3 is 3.20 bits per heavy atom. The summed E-state index contributed by atoms with van der Waals surface area (Å²) in [5.41, 5.74) is 0.671. The first-order chi connectivity index (χ1) is 7.31. The normalized spacial score (nSPS) is 10.2. The van der Waals surface area contributed by atoms with Crippen LogP contribution < -0.4 is 5.32 Å². The number of carbonyl (C=O) groups is 1. The Morgan fingerprint density at radius 2 is 2.40 bits per heavy atom. The Balaban J connectivity index is 2.25. The molecule has 0 bridgehead atoms. The van der Waals surface area contributed by atoms with Crippen LogP contribution >= 0.6 is 0 Å². The van der Waals surface area contributed by atoms with Gasteiger partial charge in [-0.1, -0.05) is 6.07 Å². The van der Waals surface area contributed by atoms with Crippen molar-refractivity contribution in [2.45, 2.75) is 6.92 Å². The van der Waals surface area contributed by atoms with E-state index >= 15 is 0 Å². The van der Waals surface area contributed by atoms with E-state index in [9.17, 15) is 4.79 Å². The zero-order valence-electron chi connectivity index (χ0n) is 8.17. The molecule has 0 aromatic carbocycles. The molecule has 2 rings (SSSR count). The molecule has 0 aliphatic carbocycles. The van der Waals surface area contributed by atoms with Crippen LogP contribution in [-0.2, 0) is 4.74 Å². The minimum atomic E-state index is -0.532. The highest BCUT2D eigenvalue weighted by Crippen LogP contribution is 2.07. The van der Waals surface area contributed by atoms with Gasteiger partial charge in [0, 0.05) is 6.20 Å². The van der Waals surface area contributed by atoms with Gasteiger partial charge in [0.2, 0.25) is 5.95 Å². The quantitative estimate of drug-likeness (QED) is 0.804. The number of fused-ring (bicyclic) bond motifs is 1. The van der Waals surface area contributed by atoms with Crippen molar-refractivity contribution in [1.82, 2.24) is 14.6 Å². The summed E-state index contributed by atoms with van der Waals surface area (Å²) in [6.07, 6.45) is 1.23. The largest absolute Gasteiger partial charge is 0.450 e. The minimum absolute atomic E-state index is 0.322. The molecular weight excluding hydrogens is 196 g/mol. The van der Waals surface area contributed by atoms with E-state index < -0.39 is 6.09 Å². The SMILES string of the molecule is CCOC(=O)Nc1nnc2ccccn12. The van der Waals surface area contributed by atoms with Gasteiger partial charge < -0.3 is 4.74 Å². The van der Waals surface area contributed by atoms with Crippen molar-refractivity contribution < 1.29 is 9.53 Å². The van der Waals surface area contributed by atoms with Gasteiger partial charge >= 0.3 is 6.09 Å². The first-order valence-electron chi connectivity index (χ1n) is 4.55. The third kappa shape index (κ3) is 1.88. The van der Waals surface area contributed by atoms with Gasteiger partial charge in [0.25, 0.3) is 0 Å². The third-order valence-electron chi connectivity index (χ3n) is 1.80. The monoisotopic (exact) mass is 206 g/mol. The second-order valence-electron chi connectivity index (χ2n) is 2.80. The van der Waals surface area contributed by atoms with Crippen molar-refractivity contribution in [3.8, 4) is 0 Å². The Morgan fingerprint density at radius 1 is 1.53 bits per heavy atom. The predicted molar refractivity (Wildman–Crippen MR) is 53.6 cm³/mol. The fourth-order valence-electron chi connectivity index (χ4n) is 1.19. The number of nitrogens with zero attached hydrogens (tertiary/aromatic N) is 3. The van der Waals surface area contributed by atoms with Crippen LogP contribution in [0, 0.1) is 0 Å². The van der Waals surface area contributed by atoms with E-state index in [2.05, 4.69) is 15.5 Å². The lowest BCUT2D eigenvalue weighted by atomic mass is 10.5. The molecule has 0 aliphatic heterocycles. The highest BCUT2D eigenvalue weighted by Gasteiger charge is 2.08. The maximum absolute atomic E-state index is 11.1. The Hall–Kier alpha value is -2.11. The van der Waals surface area contributed by atoms with Crippen LogP contribution in [0.1, 0.15) is 6.92 Å². The molecule has 0 atom stereocenters. The van der Waals surface area contributed by atoms with E-state index in [0.717, 1.165) is 0 Å². The highest BCUT2D eigenvalue weighted by atomic mass is 16.5. The number of nitrogens with one attached hydrogen (secondary N) is 1. The second-order valence-corrected chi connectivity index (χ2v) is 2.80. The van der Waals surface area contributed by atoms with Gasteiger partial charge in [-0.25, -0.2) is 4.79 Å². The van der Waals surface area contributed by atoms with E-state index in [1.54, 1.807) is 23.6 Å². The average molecular weight is 206 g/mol. The molecule has 15 heavy (non-hydrogen) atoms. The molecule has 2 aromatic heterocycles. The molecule has 0 radical (unpaired) electrons. The summed E-state index contributed by atoms with van der Waals surface area (Å²) in [5.74, 6) is 0.351. The van der Waals surface area contributed by atoms with Crippen LogP contribution in [0.3, 0.4) is 0 Å². The lowest BCUT2D eigenvalue weighted by molar-refractivity contribution is 0.167. The number of hydrogen-bond donors (Lipinski definition) is 1. The molecule has 0 saturated heterocycles. The fourth-order valence-corrected chi connectivity index (χ4v) is 1.19. The fraction of sp³-hybridized carbons (Fsp3) is 0.222. The third-order valence-corrected chi connectivity index (χ3v) is 1.80. The molecule has 1 N–H and O–H groups in total. The number of ether oxygens (including phenoxy) is 1. The van der Waals surface area contributed by atoms with E-state index in [-0.39, 0.29) is 0 Å². The molecular formula is C9H10N4O2. The molecule has 2 heterocycles. The zero-order chi connectivity index (χ0) is 10.7. The van der Waals surface area contributed by atoms with Gasteiger partial charge in [-0.2, -0.15) is 0 Å². The Bertz CT molecular complexity index is 480. The van der Waals surface area contributed by atoms with E-state index in [0.29, 0.717) is 18.2 Å². The first kappa shape index (κ1) is 9.45. The lowest BCUT2D eigenvalue weighted by Crippen LogP contribution is -2.15. The maximum Gasteiger partial charge on any atom is 0.414 e. The van der Waals surface area contributed by atoms with E-state index in [1.165, 1.54) is 0 Å². The van der Waals surface area contributed by atoms with E-state index in [4.69, 9.17) is 4.74 Å². The molecule has 1 amide bonds. The number of anilines is 1. The molecule has 6 heteroatoms. The van der Waals surface area contributed by atoms with Crippen LogP contribution in [-0.4, -0.2) is 27.3 Å². The van der Waals surface area contributed by atoms with Crippen LogP contribution in [0.25, 0.3) is 5.65 Å². The molecule has 2 aromatic rings. The summed E-state index contributed by atoms with van der Waals surface area (Å²) < 4.78 is 6.40. The minimum Gasteiger partial charge on any atom is -0.450 e. The maximum atomic E-state index is 11.1. The Kier molecular flexibility index (Phi) is 2.49. The molecule has 6 nitrogen and oxygen atoms in total. The first-order valence-corrected chi connectivity index (χ1v) is 4.55. The number of amides is 1. The van der Waals surface area contributed by atoms with Gasteiger partial charge in [-0.05, 0) is 19.1 Å². The number of hydrogen-bond acceptors (Lipinski definition) is 4. The summed E-state index contributed by atoms with van der Waals surface area (Å²) in [6.45, 7) is 2.06. The topological polar surface area (TPSA) is 68.5 Å². The smallest absolute Gasteiger partial charge is 0.414 e. The van der Waals surface area contributed by atoms with Gasteiger partial charge in [-0.3, -0.25) is 9.72 Å². The van der Waals surface area contributed by atoms with Crippen molar-refractivity contribution in [3.05, 3.63) is 24.4 Å². The molecule has 0 unspecified atom stereocenters. The van der Waals surface area contributed by atoms with Crippen molar-refractivity contribution in [2.75, 3.05) is 11.9 Å². The van der Waals surface area contributed by atoms with Crippen LogP contribution in [0.2, 0.25) is 0 Å². The van der Waals surface area contributed by atoms with Gasteiger partial charge in [0.1, 0.15) is 0 Å².